The highest BCUT2D eigenvalue weighted by molar-refractivity contribution is 7.89. The van der Waals surface area contributed by atoms with Gasteiger partial charge >= 0.3 is 6.09 Å². The van der Waals surface area contributed by atoms with Crippen LogP contribution in [0.15, 0.2) is 42.5 Å². The summed E-state index contributed by atoms with van der Waals surface area (Å²) >= 11 is 6.21. The SMILES string of the molecule is COC(=O)N[C@H](C(=O)Nc1cccc(F)c1CCC1CN[C@@H]2CCCS(=O)(=O)N1C2)[C@@H](c1ccc(Cl)cc1)C1CCC(OC)CC1. The lowest BCUT2D eigenvalue weighted by Crippen LogP contribution is -2.57. The standard InChI is InChI=1S/C33H44ClFN4O6S/c1-44-26-15-10-22(11-16-26)30(21-8-12-23(34)13-9-21)31(38-33(41)45-2)32(40)37-29-7-3-6-28(35)27(29)17-14-25-19-36-24-5-4-18-46(42,43)39(25)20-24/h3,6-9,12-13,22,24-26,30-31,36H,4-5,10-11,14-20H2,1-2H3,(H,37,40)(H,38,41)/t22?,24-,25?,26?,30+,31+/m1/s1. The number of methoxy groups -OCH3 is 2. The maximum Gasteiger partial charge on any atom is 0.407 e. The summed E-state index contributed by atoms with van der Waals surface area (Å²) in [4.78, 5) is 26.8. The molecule has 2 saturated heterocycles. The second kappa shape index (κ2) is 15.4. The number of anilines is 1. The summed E-state index contributed by atoms with van der Waals surface area (Å²) in [6.07, 6.45) is 4.56. The Morgan fingerprint density at radius 3 is 2.52 bits per heavy atom. The maximum atomic E-state index is 15.4. The van der Waals surface area contributed by atoms with E-state index >= 15 is 4.39 Å². The molecular weight excluding hydrogens is 635 g/mol. The Labute approximate surface area is 275 Å². The molecule has 46 heavy (non-hydrogen) atoms. The highest BCUT2D eigenvalue weighted by Gasteiger charge is 2.40. The average molecular weight is 679 g/mol. The number of nitrogens with one attached hydrogen (secondary N) is 3. The first kappa shape index (κ1) is 34.6. The minimum absolute atomic E-state index is 0.0330. The van der Waals surface area contributed by atoms with Crippen molar-refractivity contribution in [2.45, 2.75) is 81.5 Å². The molecule has 2 heterocycles. The Bertz CT molecular complexity index is 1470. The molecule has 2 amide bonds. The number of hydrogen-bond donors (Lipinski definition) is 3. The average Bonchev–Trinajstić information content (AvgIpc) is 3.16. The maximum absolute atomic E-state index is 15.4. The predicted octanol–water partition coefficient (Wildman–Crippen LogP) is 4.83. The number of carbonyl (C=O) groups excluding carboxylic acids is 2. The second-order valence-electron chi connectivity index (χ2n) is 12.5. The molecule has 13 heteroatoms. The molecule has 5 atom stereocenters. The number of amides is 2. The zero-order valence-electron chi connectivity index (χ0n) is 26.3. The Hall–Kier alpha value is -2.77. The van der Waals surface area contributed by atoms with Gasteiger partial charge in [-0.2, -0.15) is 4.31 Å². The molecule has 2 aromatic carbocycles. The molecule has 2 unspecified atom stereocenters. The van der Waals surface area contributed by atoms with Crippen molar-refractivity contribution in [1.29, 1.82) is 0 Å². The van der Waals surface area contributed by atoms with Gasteiger partial charge in [0.25, 0.3) is 0 Å². The Balaban J connectivity index is 1.40. The van der Waals surface area contributed by atoms with E-state index in [-0.39, 0.29) is 47.5 Å². The summed E-state index contributed by atoms with van der Waals surface area (Å²) in [6.45, 7) is 0.895. The van der Waals surface area contributed by atoms with Crippen LogP contribution in [0, 0.1) is 11.7 Å². The Morgan fingerprint density at radius 2 is 1.83 bits per heavy atom. The number of nitrogens with zero attached hydrogens (tertiary/aromatic N) is 1. The third-order valence-corrected chi connectivity index (χ3v) is 12.0. The number of sulfonamides is 1. The van der Waals surface area contributed by atoms with Crippen molar-refractivity contribution in [2.24, 2.45) is 5.92 Å². The topological polar surface area (TPSA) is 126 Å². The van der Waals surface area contributed by atoms with Gasteiger partial charge in [-0.1, -0.05) is 29.8 Å². The summed E-state index contributed by atoms with van der Waals surface area (Å²) in [7, 11) is -0.468. The number of piperazine rings is 1. The minimum atomic E-state index is -3.40. The highest BCUT2D eigenvalue weighted by Crippen LogP contribution is 2.40. The van der Waals surface area contributed by atoms with Crippen LogP contribution in [0.3, 0.4) is 0 Å². The molecule has 3 aliphatic rings. The third kappa shape index (κ3) is 8.20. The van der Waals surface area contributed by atoms with Gasteiger partial charge in [0.05, 0.1) is 19.0 Å². The van der Waals surface area contributed by atoms with Gasteiger partial charge in [-0.25, -0.2) is 17.6 Å². The normalized spacial score (nSPS) is 27.1. The third-order valence-electron chi connectivity index (χ3n) is 9.78. The molecule has 3 fully saturated rings. The number of carbonyl (C=O) groups is 2. The Morgan fingerprint density at radius 1 is 1.09 bits per heavy atom. The highest BCUT2D eigenvalue weighted by atomic mass is 35.5. The van der Waals surface area contributed by atoms with Crippen molar-refractivity contribution in [3.05, 3.63) is 64.4 Å². The van der Waals surface area contributed by atoms with Crippen LogP contribution < -0.4 is 16.0 Å². The molecule has 2 bridgehead atoms. The molecule has 0 aromatic heterocycles. The van der Waals surface area contributed by atoms with E-state index in [2.05, 4.69) is 16.0 Å². The fourth-order valence-corrected chi connectivity index (χ4v) is 9.24. The van der Waals surface area contributed by atoms with E-state index in [0.717, 1.165) is 37.7 Å². The number of rotatable bonds is 10. The Kier molecular flexibility index (Phi) is 11.6. The quantitative estimate of drug-likeness (QED) is 0.329. The number of ether oxygens (including phenoxy) is 2. The summed E-state index contributed by atoms with van der Waals surface area (Å²) < 4.78 is 53.4. The molecule has 10 nitrogen and oxygen atoms in total. The second-order valence-corrected chi connectivity index (χ2v) is 15.0. The van der Waals surface area contributed by atoms with E-state index in [1.807, 2.05) is 12.1 Å². The van der Waals surface area contributed by atoms with Crippen molar-refractivity contribution in [3.8, 4) is 0 Å². The van der Waals surface area contributed by atoms with Crippen molar-refractivity contribution in [2.75, 3.05) is 38.4 Å². The van der Waals surface area contributed by atoms with Gasteiger partial charge in [0.15, 0.2) is 0 Å². The van der Waals surface area contributed by atoms with Crippen molar-refractivity contribution >= 4 is 39.3 Å². The summed E-state index contributed by atoms with van der Waals surface area (Å²) in [5.41, 5.74) is 1.40. The number of fused-ring (bicyclic) bond motifs is 2. The molecule has 252 valence electrons. The summed E-state index contributed by atoms with van der Waals surface area (Å²) in [5, 5.41) is 9.67. The molecule has 1 saturated carbocycles. The lowest BCUT2D eigenvalue weighted by molar-refractivity contribution is -0.119. The molecule has 3 N–H and O–H groups in total. The van der Waals surface area contributed by atoms with E-state index in [9.17, 15) is 18.0 Å². The zero-order chi connectivity index (χ0) is 32.8. The summed E-state index contributed by atoms with van der Waals surface area (Å²) in [6, 6.07) is 10.5. The first-order chi connectivity index (χ1) is 22.1. The van der Waals surface area contributed by atoms with Gasteiger partial charge in [0.2, 0.25) is 15.9 Å². The van der Waals surface area contributed by atoms with Gasteiger partial charge in [-0.3, -0.25) is 4.79 Å². The van der Waals surface area contributed by atoms with Crippen LogP contribution in [0.5, 0.6) is 0 Å². The molecule has 5 rings (SSSR count). The van der Waals surface area contributed by atoms with Gasteiger partial charge in [0.1, 0.15) is 11.9 Å². The minimum Gasteiger partial charge on any atom is -0.453 e. The van der Waals surface area contributed by atoms with Gasteiger partial charge in [-0.15, -0.1) is 0 Å². The van der Waals surface area contributed by atoms with Crippen LogP contribution >= 0.6 is 11.6 Å². The van der Waals surface area contributed by atoms with Crippen LogP contribution in [-0.4, -0.2) is 82.0 Å². The van der Waals surface area contributed by atoms with E-state index in [1.54, 1.807) is 29.6 Å². The first-order valence-electron chi connectivity index (χ1n) is 16.0. The van der Waals surface area contributed by atoms with Crippen LogP contribution in [0.4, 0.5) is 14.9 Å². The van der Waals surface area contributed by atoms with Crippen molar-refractivity contribution in [3.63, 3.8) is 0 Å². The van der Waals surface area contributed by atoms with Crippen LogP contribution in [-0.2, 0) is 30.7 Å². The van der Waals surface area contributed by atoms with Gasteiger partial charge in [-0.05, 0) is 87.1 Å². The molecule has 0 radical (unpaired) electrons. The first-order valence-corrected chi connectivity index (χ1v) is 18.0. The molecule has 1 aliphatic carbocycles. The number of benzene rings is 2. The van der Waals surface area contributed by atoms with E-state index in [0.29, 0.717) is 31.0 Å². The molecule has 2 aromatic rings. The monoisotopic (exact) mass is 678 g/mol. The van der Waals surface area contributed by atoms with Gasteiger partial charge < -0.3 is 25.4 Å². The molecular formula is C33H44ClFN4O6S. The van der Waals surface area contributed by atoms with Crippen molar-refractivity contribution < 1.29 is 31.9 Å². The number of alkyl carbamates (subject to hydrolysis) is 1. The fourth-order valence-electron chi connectivity index (χ4n) is 7.31. The van der Waals surface area contributed by atoms with Gasteiger partial charge in [0, 0.05) is 54.5 Å². The predicted molar refractivity (Wildman–Crippen MR) is 175 cm³/mol. The lowest BCUT2D eigenvalue weighted by atomic mass is 9.72. The number of hydrogen-bond acceptors (Lipinski definition) is 7. The van der Waals surface area contributed by atoms with Crippen LogP contribution in [0.1, 0.15) is 62.0 Å². The molecule has 2 aliphatic heterocycles. The van der Waals surface area contributed by atoms with E-state index < -0.39 is 39.8 Å². The smallest absolute Gasteiger partial charge is 0.407 e. The summed E-state index contributed by atoms with van der Waals surface area (Å²) in [5.74, 6) is -1.29. The number of halogens is 2. The zero-order valence-corrected chi connectivity index (χ0v) is 27.9. The fraction of sp³-hybridized carbons (Fsp3) is 0.576. The largest absolute Gasteiger partial charge is 0.453 e. The van der Waals surface area contributed by atoms with Crippen molar-refractivity contribution in [1.82, 2.24) is 14.9 Å². The van der Waals surface area contributed by atoms with Crippen LogP contribution in [0.2, 0.25) is 5.02 Å². The van der Waals surface area contributed by atoms with E-state index in [4.69, 9.17) is 21.1 Å². The van der Waals surface area contributed by atoms with E-state index in [1.165, 1.54) is 19.2 Å². The lowest BCUT2D eigenvalue weighted by Gasteiger charge is -2.38. The molecule has 0 spiro atoms. The van der Waals surface area contributed by atoms with Crippen LogP contribution in [0.25, 0.3) is 0 Å².